The predicted molar refractivity (Wildman–Crippen MR) is 108 cm³/mol. The number of piperidine rings is 1. The molecule has 0 amide bonds. The molecular weight excluding hydrogens is 346 g/mol. The van der Waals surface area contributed by atoms with E-state index in [0.717, 1.165) is 19.4 Å². The van der Waals surface area contributed by atoms with Crippen molar-refractivity contribution in [2.45, 2.75) is 51.3 Å². The highest BCUT2D eigenvalue weighted by Crippen LogP contribution is 2.24. The summed E-state index contributed by atoms with van der Waals surface area (Å²) in [5.74, 6) is -0.236. The normalized spacial score (nSPS) is 18.6. The van der Waals surface area contributed by atoms with Gasteiger partial charge in [-0.3, -0.25) is 4.90 Å². The Labute approximate surface area is 162 Å². The van der Waals surface area contributed by atoms with Gasteiger partial charge in [-0.1, -0.05) is 55.0 Å². The van der Waals surface area contributed by atoms with Crippen LogP contribution in [0, 0.1) is 0 Å². The van der Waals surface area contributed by atoms with E-state index < -0.39 is 0 Å². The fraction of sp³-hybridized carbons (Fsp3) is 0.409. The molecule has 0 spiro atoms. The van der Waals surface area contributed by atoms with Gasteiger partial charge in [0.1, 0.15) is 0 Å². The van der Waals surface area contributed by atoms with Crippen molar-refractivity contribution < 1.29 is 9.53 Å². The first-order valence-corrected chi connectivity index (χ1v) is 9.30. The van der Waals surface area contributed by atoms with E-state index >= 15 is 0 Å². The van der Waals surface area contributed by atoms with Gasteiger partial charge >= 0.3 is 5.97 Å². The van der Waals surface area contributed by atoms with Gasteiger partial charge in [-0.05, 0) is 50.3 Å². The molecule has 26 heavy (non-hydrogen) atoms. The van der Waals surface area contributed by atoms with E-state index in [-0.39, 0.29) is 24.6 Å². The van der Waals surface area contributed by atoms with E-state index in [0.29, 0.717) is 11.6 Å². The minimum absolute atomic E-state index is 0. The van der Waals surface area contributed by atoms with Gasteiger partial charge < -0.3 is 4.74 Å². The van der Waals surface area contributed by atoms with E-state index in [9.17, 15) is 4.79 Å². The lowest BCUT2D eigenvalue weighted by Crippen LogP contribution is -2.47. The molecule has 2 unspecified atom stereocenters. The lowest BCUT2D eigenvalue weighted by Gasteiger charge is -2.39. The van der Waals surface area contributed by atoms with Crippen LogP contribution < -0.4 is 0 Å². The van der Waals surface area contributed by atoms with Crippen molar-refractivity contribution in [1.82, 2.24) is 4.90 Å². The van der Waals surface area contributed by atoms with E-state index in [1.807, 2.05) is 25.1 Å². The molecule has 0 bridgehead atoms. The smallest absolute Gasteiger partial charge is 0.339 e. The summed E-state index contributed by atoms with van der Waals surface area (Å²) in [6.45, 7) is 3.00. The van der Waals surface area contributed by atoms with Crippen molar-refractivity contribution in [2.75, 3.05) is 6.54 Å². The predicted octanol–water partition coefficient (Wildman–Crippen LogP) is 5.10. The molecule has 1 heterocycles. The van der Waals surface area contributed by atoms with Gasteiger partial charge in [0, 0.05) is 12.6 Å². The molecule has 2 aromatic carbocycles. The van der Waals surface area contributed by atoms with Gasteiger partial charge in [0.05, 0.1) is 5.56 Å². The maximum Gasteiger partial charge on any atom is 0.339 e. The standard InChI is InChI=1S/C22H27NO2.ClH/c1-18(25-22(24)20-12-6-3-7-13-20)23-17-9-8-14-21(23)16-15-19-10-4-2-5-11-19;/h2-7,10-13,18,21H,8-9,14-17H2,1H3;1H. The summed E-state index contributed by atoms with van der Waals surface area (Å²) in [5, 5.41) is 0. The van der Waals surface area contributed by atoms with Crippen molar-refractivity contribution in [1.29, 1.82) is 0 Å². The summed E-state index contributed by atoms with van der Waals surface area (Å²) in [6, 6.07) is 20.3. The highest BCUT2D eigenvalue weighted by atomic mass is 35.5. The molecule has 1 saturated heterocycles. The van der Waals surface area contributed by atoms with Crippen LogP contribution in [0.15, 0.2) is 60.7 Å². The molecule has 140 valence electrons. The average molecular weight is 374 g/mol. The fourth-order valence-corrected chi connectivity index (χ4v) is 3.65. The minimum atomic E-state index is -0.236. The third-order valence-electron chi connectivity index (χ3n) is 5.04. The van der Waals surface area contributed by atoms with Crippen LogP contribution >= 0.6 is 12.4 Å². The average Bonchev–Trinajstić information content (AvgIpc) is 2.68. The molecule has 1 fully saturated rings. The van der Waals surface area contributed by atoms with Crippen LogP contribution in [0.5, 0.6) is 0 Å². The molecule has 0 saturated carbocycles. The van der Waals surface area contributed by atoms with Crippen molar-refractivity contribution >= 4 is 18.4 Å². The molecular formula is C22H28ClNO2. The summed E-state index contributed by atoms with van der Waals surface area (Å²) in [4.78, 5) is 14.7. The fourth-order valence-electron chi connectivity index (χ4n) is 3.65. The van der Waals surface area contributed by atoms with Crippen LogP contribution in [-0.4, -0.2) is 29.7 Å². The summed E-state index contributed by atoms with van der Waals surface area (Å²) in [6.07, 6.45) is 5.61. The van der Waals surface area contributed by atoms with Crippen LogP contribution in [0.4, 0.5) is 0 Å². The number of hydrogen-bond acceptors (Lipinski definition) is 3. The van der Waals surface area contributed by atoms with Crippen molar-refractivity contribution in [3.63, 3.8) is 0 Å². The summed E-state index contributed by atoms with van der Waals surface area (Å²) >= 11 is 0. The monoisotopic (exact) mass is 373 g/mol. The first-order valence-electron chi connectivity index (χ1n) is 9.30. The zero-order valence-electron chi connectivity index (χ0n) is 15.3. The highest BCUT2D eigenvalue weighted by Gasteiger charge is 2.28. The number of halogens is 1. The highest BCUT2D eigenvalue weighted by molar-refractivity contribution is 5.89. The molecule has 3 rings (SSSR count). The zero-order chi connectivity index (χ0) is 17.5. The Morgan fingerprint density at radius 3 is 2.42 bits per heavy atom. The molecule has 2 aromatic rings. The SMILES string of the molecule is CC(OC(=O)c1ccccc1)N1CCCCC1CCc1ccccc1.Cl. The number of aryl methyl sites for hydroxylation is 1. The van der Waals surface area contributed by atoms with Crippen LogP contribution in [0.3, 0.4) is 0 Å². The number of carbonyl (C=O) groups excluding carboxylic acids is 1. The van der Waals surface area contributed by atoms with Gasteiger partial charge in [-0.2, -0.15) is 0 Å². The third kappa shape index (κ3) is 5.58. The van der Waals surface area contributed by atoms with Gasteiger partial charge in [0.2, 0.25) is 0 Å². The molecule has 0 aliphatic carbocycles. The Morgan fingerprint density at radius 1 is 1.08 bits per heavy atom. The van der Waals surface area contributed by atoms with Gasteiger partial charge in [0.25, 0.3) is 0 Å². The second-order valence-electron chi connectivity index (χ2n) is 6.78. The number of carbonyl (C=O) groups is 1. The number of nitrogens with zero attached hydrogens (tertiary/aromatic N) is 1. The Morgan fingerprint density at radius 2 is 1.73 bits per heavy atom. The molecule has 4 heteroatoms. The van der Waals surface area contributed by atoms with E-state index in [1.165, 1.54) is 24.8 Å². The second kappa shape index (κ2) is 10.3. The first-order chi connectivity index (χ1) is 12.2. The van der Waals surface area contributed by atoms with Gasteiger partial charge in [-0.25, -0.2) is 4.79 Å². The number of benzene rings is 2. The Hall–Kier alpha value is -1.84. The van der Waals surface area contributed by atoms with Crippen LogP contribution in [0.1, 0.15) is 48.5 Å². The van der Waals surface area contributed by atoms with Crippen molar-refractivity contribution in [3.05, 3.63) is 71.8 Å². The van der Waals surface area contributed by atoms with E-state index in [4.69, 9.17) is 4.74 Å². The van der Waals surface area contributed by atoms with Crippen molar-refractivity contribution in [3.8, 4) is 0 Å². The Kier molecular flexibility index (Phi) is 8.14. The van der Waals surface area contributed by atoms with Gasteiger partial charge in [0.15, 0.2) is 6.23 Å². The van der Waals surface area contributed by atoms with Crippen LogP contribution in [0.25, 0.3) is 0 Å². The molecule has 3 nitrogen and oxygen atoms in total. The van der Waals surface area contributed by atoms with Gasteiger partial charge in [-0.15, -0.1) is 12.4 Å². The van der Waals surface area contributed by atoms with Crippen LogP contribution in [-0.2, 0) is 11.2 Å². The number of rotatable bonds is 6. The lowest BCUT2D eigenvalue weighted by atomic mass is 9.95. The summed E-state index contributed by atoms with van der Waals surface area (Å²) in [5.41, 5.74) is 1.99. The lowest BCUT2D eigenvalue weighted by molar-refractivity contribution is -0.0528. The zero-order valence-corrected chi connectivity index (χ0v) is 16.2. The van der Waals surface area contributed by atoms with E-state index in [1.54, 1.807) is 12.1 Å². The Balaban J connectivity index is 0.00000243. The Bertz CT molecular complexity index is 662. The molecule has 1 aliphatic heterocycles. The first kappa shape index (κ1) is 20.5. The largest absolute Gasteiger partial charge is 0.443 e. The minimum Gasteiger partial charge on any atom is -0.443 e. The van der Waals surface area contributed by atoms with Crippen LogP contribution in [0.2, 0.25) is 0 Å². The third-order valence-corrected chi connectivity index (χ3v) is 5.04. The van der Waals surface area contributed by atoms with E-state index in [2.05, 4.69) is 35.2 Å². The molecule has 0 radical (unpaired) electrons. The number of hydrogen-bond donors (Lipinski definition) is 0. The molecule has 0 aromatic heterocycles. The molecule has 2 atom stereocenters. The second-order valence-corrected chi connectivity index (χ2v) is 6.78. The summed E-state index contributed by atoms with van der Waals surface area (Å²) in [7, 11) is 0. The number of likely N-dealkylation sites (tertiary alicyclic amines) is 1. The summed E-state index contributed by atoms with van der Waals surface area (Å²) < 4.78 is 5.75. The number of ether oxygens (including phenoxy) is 1. The maximum absolute atomic E-state index is 12.3. The molecule has 0 N–H and O–H groups in total. The number of esters is 1. The van der Waals surface area contributed by atoms with Crippen molar-refractivity contribution in [2.24, 2.45) is 0 Å². The quantitative estimate of drug-likeness (QED) is 0.660. The maximum atomic E-state index is 12.3. The molecule has 1 aliphatic rings. The topological polar surface area (TPSA) is 29.5 Å².